The van der Waals surface area contributed by atoms with Crippen molar-refractivity contribution < 1.29 is 31.9 Å². The Bertz CT molecular complexity index is 1660. The predicted molar refractivity (Wildman–Crippen MR) is 166 cm³/mol. The number of carbonyl (C=O) groups is 2. The van der Waals surface area contributed by atoms with Crippen molar-refractivity contribution in [1.82, 2.24) is 14.9 Å². The SMILES string of the molecule is Bc1ccc(NC(=O)c2cc3nc(Nc4cc(CNC(=O)C(C)(C)C)ccc4Cl)n(CC(F)F)c3cc2OCC(F)F)cc1. The topological polar surface area (TPSA) is 97.3 Å². The number of aromatic nitrogens is 2. The van der Waals surface area contributed by atoms with Crippen molar-refractivity contribution >= 4 is 65.1 Å². The third-order valence-electron chi connectivity index (χ3n) is 6.50. The number of rotatable bonds is 11. The summed E-state index contributed by atoms with van der Waals surface area (Å²) in [7, 11) is 1.88. The number of benzene rings is 3. The van der Waals surface area contributed by atoms with Gasteiger partial charge in [-0.05, 0) is 35.9 Å². The van der Waals surface area contributed by atoms with Crippen molar-refractivity contribution in [3.05, 3.63) is 70.7 Å². The molecule has 4 rings (SSSR count). The Labute approximate surface area is 257 Å². The van der Waals surface area contributed by atoms with E-state index in [-0.39, 0.29) is 45.8 Å². The minimum absolute atomic E-state index is 0.0334. The Balaban J connectivity index is 1.73. The average molecular weight is 632 g/mol. The average Bonchev–Trinajstić information content (AvgIpc) is 3.27. The van der Waals surface area contributed by atoms with Crippen LogP contribution in [0.5, 0.6) is 5.75 Å². The fourth-order valence-corrected chi connectivity index (χ4v) is 4.37. The number of fused-ring (bicyclic) bond motifs is 1. The molecule has 2 amide bonds. The zero-order valence-corrected chi connectivity index (χ0v) is 25.2. The van der Waals surface area contributed by atoms with Crippen LogP contribution in [0.25, 0.3) is 11.0 Å². The standard InChI is InChI=1S/C30H31BClF4N5O3/c1-30(2,3)28(43)37-13-16-4-9-20(32)21(10-16)39-29-40-22-11-19(27(42)38-18-7-5-17(31)6-8-18)24(44-15-26(35)36)12-23(22)41(29)14-25(33)34/h4-12,25-26H,13-15,31H2,1-3H3,(H,37,43)(H,38,42)(H,39,40). The molecule has 232 valence electrons. The maximum absolute atomic E-state index is 13.8. The zero-order chi connectivity index (χ0) is 32.2. The molecule has 0 radical (unpaired) electrons. The molecule has 0 aliphatic carbocycles. The largest absolute Gasteiger partial charge is 0.487 e. The van der Waals surface area contributed by atoms with E-state index in [2.05, 4.69) is 20.9 Å². The molecule has 1 heterocycles. The summed E-state index contributed by atoms with van der Waals surface area (Å²) in [6.45, 7) is 3.73. The van der Waals surface area contributed by atoms with E-state index < -0.39 is 37.3 Å². The Morgan fingerprint density at radius 1 is 1.02 bits per heavy atom. The highest BCUT2D eigenvalue weighted by Crippen LogP contribution is 2.33. The summed E-state index contributed by atoms with van der Waals surface area (Å²) in [4.78, 5) is 30.0. The van der Waals surface area contributed by atoms with E-state index in [0.717, 1.165) is 10.0 Å². The Kier molecular flexibility index (Phi) is 10.1. The van der Waals surface area contributed by atoms with Crippen LogP contribution >= 0.6 is 11.6 Å². The molecule has 0 fully saturated rings. The molecule has 1 aromatic heterocycles. The lowest BCUT2D eigenvalue weighted by molar-refractivity contribution is -0.128. The fraction of sp³-hybridized carbons (Fsp3) is 0.300. The molecular weight excluding hydrogens is 601 g/mol. The first-order valence-corrected chi connectivity index (χ1v) is 14.0. The molecule has 0 atom stereocenters. The van der Waals surface area contributed by atoms with Crippen LogP contribution in [0, 0.1) is 5.41 Å². The van der Waals surface area contributed by atoms with Gasteiger partial charge in [-0.15, -0.1) is 0 Å². The minimum atomic E-state index is -2.84. The molecule has 0 spiro atoms. The number of amides is 2. The van der Waals surface area contributed by atoms with Gasteiger partial charge in [0.1, 0.15) is 20.2 Å². The monoisotopic (exact) mass is 631 g/mol. The molecule has 0 unspecified atom stereocenters. The number of ether oxygens (including phenoxy) is 1. The van der Waals surface area contributed by atoms with E-state index in [9.17, 15) is 27.2 Å². The second-order valence-corrected chi connectivity index (χ2v) is 11.6. The van der Waals surface area contributed by atoms with Gasteiger partial charge in [0.25, 0.3) is 18.8 Å². The Morgan fingerprint density at radius 3 is 2.36 bits per heavy atom. The summed E-state index contributed by atoms with van der Waals surface area (Å²) in [6.07, 6.45) is -5.65. The number of anilines is 3. The van der Waals surface area contributed by atoms with Gasteiger partial charge < -0.3 is 25.3 Å². The Morgan fingerprint density at radius 2 is 1.73 bits per heavy atom. The number of nitrogens with one attached hydrogen (secondary N) is 3. The number of nitrogens with zero attached hydrogens (tertiary/aromatic N) is 2. The Hall–Kier alpha value is -4.26. The fourth-order valence-electron chi connectivity index (χ4n) is 4.20. The number of hydrogen-bond acceptors (Lipinski definition) is 5. The van der Waals surface area contributed by atoms with Crippen molar-refractivity contribution in [2.75, 3.05) is 17.2 Å². The highest BCUT2D eigenvalue weighted by Gasteiger charge is 2.23. The molecule has 0 saturated carbocycles. The summed E-state index contributed by atoms with van der Waals surface area (Å²) >= 11 is 6.41. The molecule has 0 bridgehead atoms. The van der Waals surface area contributed by atoms with Crippen LogP contribution < -0.4 is 26.2 Å². The van der Waals surface area contributed by atoms with Gasteiger partial charge in [-0.1, -0.05) is 56.0 Å². The molecule has 0 aliphatic rings. The van der Waals surface area contributed by atoms with Crippen molar-refractivity contribution in [2.45, 2.75) is 46.7 Å². The van der Waals surface area contributed by atoms with Crippen LogP contribution in [-0.2, 0) is 17.9 Å². The lowest BCUT2D eigenvalue weighted by Crippen LogP contribution is -2.34. The number of hydrogen-bond donors (Lipinski definition) is 3. The summed E-state index contributed by atoms with van der Waals surface area (Å²) < 4.78 is 60.1. The van der Waals surface area contributed by atoms with E-state index in [1.807, 2.05) is 7.85 Å². The second kappa shape index (κ2) is 13.6. The minimum Gasteiger partial charge on any atom is -0.487 e. The van der Waals surface area contributed by atoms with Crippen LogP contribution in [0.3, 0.4) is 0 Å². The number of imidazole rings is 1. The lowest BCUT2D eigenvalue weighted by atomic mass is 9.95. The van der Waals surface area contributed by atoms with Gasteiger partial charge in [0.05, 0.1) is 33.9 Å². The lowest BCUT2D eigenvalue weighted by Gasteiger charge is -2.18. The molecular formula is C30H31BClF4N5O3. The summed E-state index contributed by atoms with van der Waals surface area (Å²) in [5.74, 6) is -1.08. The van der Waals surface area contributed by atoms with Crippen LogP contribution in [0.15, 0.2) is 54.6 Å². The van der Waals surface area contributed by atoms with Gasteiger partial charge in [-0.3, -0.25) is 9.59 Å². The summed E-state index contributed by atoms with van der Waals surface area (Å²) in [5.41, 5.74) is 1.98. The van der Waals surface area contributed by atoms with Crippen LogP contribution in [0.4, 0.5) is 34.9 Å². The van der Waals surface area contributed by atoms with E-state index in [4.69, 9.17) is 16.3 Å². The molecule has 4 aromatic rings. The molecule has 3 N–H and O–H groups in total. The van der Waals surface area contributed by atoms with Crippen molar-refractivity contribution in [1.29, 1.82) is 0 Å². The van der Waals surface area contributed by atoms with Gasteiger partial charge in [-0.2, -0.15) is 0 Å². The predicted octanol–water partition coefficient (Wildman–Crippen LogP) is 5.52. The maximum atomic E-state index is 13.8. The number of halogens is 5. The highest BCUT2D eigenvalue weighted by molar-refractivity contribution is 6.33. The first kappa shape index (κ1) is 32.7. The quantitative estimate of drug-likeness (QED) is 0.150. The third-order valence-corrected chi connectivity index (χ3v) is 6.83. The van der Waals surface area contributed by atoms with Crippen LogP contribution in [-0.4, -0.2) is 48.7 Å². The van der Waals surface area contributed by atoms with Crippen LogP contribution in [0.1, 0.15) is 36.7 Å². The first-order valence-electron chi connectivity index (χ1n) is 13.7. The second-order valence-electron chi connectivity index (χ2n) is 11.2. The number of alkyl halides is 4. The summed E-state index contributed by atoms with van der Waals surface area (Å²) in [5, 5.41) is 8.75. The molecule has 8 nitrogen and oxygen atoms in total. The van der Waals surface area contributed by atoms with Crippen LogP contribution in [0.2, 0.25) is 5.02 Å². The smallest absolute Gasteiger partial charge is 0.272 e. The summed E-state index contributed by atoms with van der Waals surface area (Å²) in [6, 6.07) is 14.4. The molecule has 14 heteroatoms. The van der Waals surface area contributed by atoms with Gasteiger partial charge in [0.2, 0.25) is 11.9 Å². The van der Waals surface area contributed by atoms with E-state index >= 15 is 0 Å². The van der Waals surface area contributed by atoms with Gasteiger partial charge >= 0.3 is 0 Å². The highest BCUT2D eigenvalue weighted by atomic mass is 35.5. The van der Waals surface area contributed by atoms with Crippen molar-refractivity contribution in [2.24, 2.45) is 5.41 Å². The third kappa shape index (κ3) is 8.22. The van der Waals surface area contributed by atoms with E-state index in [1.165, 1.54) is 12.1 Å². The first-order chi connectivity index (χ1) is 20.7. The number of carbonyl (C=O) groups excluding carboxylic acids is 2. The van der Waals surface area contributed by atoms with E-state index in [1.54, 1.807) is 63.2 Å². The molecule has 44 heavy (non-hydrogen) atoms. The normalized spacial score (nSPS) is 11.7. The van der Waals surface area contributed by atoms with Crippen molar-refractivity contribution in [3.63, 3.8) is 0 Å². The van der Waals surface area contributed by atoms with E-state index in [0.29, 0.717) is 16.9 Å². The van der Waals surface area contributed by atoms with Crippen molar-refractivity contribution in [3.8, 4) is 5.75 Å². The molecule has 0 aliphatic heterocycles. The van der Waals surface area contributed by atoms with Gasteiger partial charge in [-0.25, -0.2) is 22.5 Å². The van der Waals surface area contributed by atoms with Gasteiger partial charge in [0, 0.05) is 23.7 Å². The van der Waals surface area contributed by atoms with Gasteiger partial charge in [0.15, 0.2) is 0 Å². The zero-order valence-electron chi connectivity index (χ0n) is 24.5. The molecule has 0 saturated heterocycles. The maximum Gasteiger partial charge on any atom is 0.272 e. The molecule has 3 aromatic carbocycles.